The van der Waals surface area contributed by atoms with Gasteiger partial charge in [-0.25, -0.2) is 8.42 Å². The number of amides is 1. The van der Waals surface area contributed by atoms with Crippen LogP contribution in [0.15, 0.2) is 29.3 Å². The zero-order valence-electron chi connectivity index (χ0n) is 22.9. The zero-order chi connectivity index (χ0) is 30.3. The van der Waals surface area contributed by atoms with Crippen LogP contribution in [0.5, 0.6) is 5.75 Å². The third-order valence-corrected chi connectivity index (χ3v) is 8.36. The van der Waals surface area contributed by atoms with Crippen molar-refractivity contribution >= 4 is 39.2 Å². The Bertz CT molecular complexity index is 1390. The number of alkyl halides is 3. The molecule has 2 heterocycles. The lowest BCUT2D eigenvalue weighted by molar-refractivity contribution is -0.257. The molecule has 0 saturated heterocycles. The number of halogens is 4. The zero-order valence-corrected chi connectivity index (χ0v) is 24.5. The number of ether oxygens (including phenoxy) is 2. The fourth-order valence-corrected chi connectivity index (χ4v) is 6.23. The summed E-state index contributed by atoms with van der Waals surface area (Å²) in [6, 6.07) is 4.22. The minimum Gasteiger partial charge on any atom is -0.486 e. The molecule has 0 spiro atoms. The van der Waals surface area contributed by atoms with E-state index in [4.69, 9.17) is 16.3 Å². The lowest BCUT2D eigenvalue weighted by Gasteiger charge is -2.38. The highest BCUT2D eigenvalue weighted by Crippen LogP contribution is 2.40. The standard InChI is InChI=1S/C25H32ClF3N4O6S/c1-7-32-14-20(22(26)31-32)40(36,37)33-13-17(12-23(3,4)30-15(2)34)38-19-9-8-16(10-18(19)33)11-21(35)39-24(5,6)25(27,28)29/h8-10,14,17H,7,11-13H2,1-6H3,(H,30,34)/t17-/m0/s1. The summed E-state index contributed by atoms with van der Waals surface area (Å²) in [7, 11) is -4.31. The molecule has 1 atom stereocenters. The summed E-state index contributed by atoms with van der Waals surface area (Å²) in [6.45, 7) is 8.33. The number of nitrogens with one attached hydrogen (secondary N) is 1. The summed E-state index contributed by atoms with van der Waals surface area (Å²) in [5.41, 5.74) is -3.18. The highest BCUT2D eigenvalue weighted by atomic mass is 35.5. The van der Waals surface area contributed by atoms with Crippen LogP contribution in [0.1, 0.15) is 53.5 Å². The largest absolute Gasteiger partial charge is 0.486 e. The van der Waals surface area contributed by atoms with Gasteiger partial charge in [-0.05, 0) is 52.3 Å². The van der Waals surface area contributed by atoms with Gasteiger partial charge in [0.15, 0.2) is 5.15 Å². The average Bonchev–Trinajstić information content (AvgIpc) is 3.18. The van der Waals surface area contributed by atoms with E-state index < -0.39 is 45.8 Å². The third-order valence-electron chi connectivity index (χ3n) is 6.19. The van der Waals surface area contributed by atoms with E-state index in [9.17, 15) is 31.2 Å². The van der Waals surface area contributed by atoms with Crippen molar-refractivity contribution in [3.8, 4) is 5.75 Å². The maximum atomic E-state index is 13.9. The average molecular weight is 609 g/mol. The van der Waals surface area contributed by atoms with Gasteiger partial charge in [-0.1, -0.05) is 17.7 Å². The van der Waals surface area contributed by atoms with Crippen LogP contribution < -0.4 is 14.4 Å². The molecule has 222 valence electrons. The number of hydrogen-bond acceptors (Lipinski definition) is 7. The van der Waals surface area contributed by atoms with E-state index in [1.807, 2.05) is 0 Å². The number of fused-ring (bicyclic) bond motifs is 1. The molecule has 1 aliphatic rings. The smallest absolute Gasteiger partial charge is 0.427 e. The molecule has 3 rings (SSSR count). The van der Waals surface area contributed by atoms with E-state index in [0.717, 1.165) is 18.2 Å². The molecule has 40 heavy (non-hydrogen) atoms. The molecular formula is C25H32ClF3N4O6S. The van der Waals surface area contributed by atoms with Gasteiger partial charge >= 0.3 is 12.1 Å². The minimum atomic E-state index is -4.78. The maximum Gasteiger partial charge on any atom is 0.427 e. The Morgan fingerprint density at radius 2 is 1.88 bits per heavy atom. The fraction of sp³-hybridized carbons (Fsp3) is 0.560. The molecule has 0 bridgehead atoms. The molecule has 1 N–H and O–H groups in total. The third kappa shape index (κ3) is 7.00. The Morgan fingerprint density at radius 3 is 2.42 bits per heavy atom. The molecule has 15 heteroatoms. The molecule has 1 amide bonds. The first-order chi connectivity index (χ1) is 18.3. The number of rotatable bonds is 9. The van der Waals surface area contributed by atoms with Crippen molar-refractivity contribution in [3.05, 3.63) is 35.1 Å². The van der Waals surface area contributed by atoms with E-state index in [1.54, 1.807) is 20.8 Å². The summed E-state index contributed by atoms with van der Waals surface area (Å²) in [6.07, 6.45) is -4.50. The van der Waals surface area contributed by atoms with Gasteiger partial charge in [0.05, 0.1) is 18.7 Å². The number of carbonyl (C=O) groups excluding carboxylic acids is 2. The highest BCUT2D eigenvalue weighted by molar-refractivity contribution is 7.93. The van der Waals surface area contributed by atoms with Crippen molar-refractivity contribution in [3.63, 3.8) is 0 Å². The first-order valence-electron chi connectivity index (χ1n) is 12.4. The topological polar surface area (TPSA) is 120 Å². The van der Waals surface area contributed by atoms with Crippen molar-refractivity contribution in [1.29, 1.82) is 0 Å². The molecule has 0 saturated carbocycles. The number of benzene rings is 1. The van der Waals surface area contributed by atoms with Gasteiger partial charge in [0, 0.05) is 31.6 Å². The molecule has 0 aliphatic carbocycles. The van der Waals surface area contributed by atoms with E-state index in [2.05, 4.69) is 15.2 Å². The van der Waals surface area contributed by atoms with Crippen molar-refractivity contribution in [2.75, 3.05) is 10.8 Å². The number of carbonyl (C=O) groups is 2. The first-order valence-corrected chi connectivity index (χ1v) is 14.2. The number of anilines is 1. The Kier molecular flexibility index (Phi) is 8.76. The Hall–Kier alpha value is -3.00. The lowest BCUT2D eigenvalue weighted by atomic mass is 9.95. The monoisotopic (exact) mass is 608 g/mol. The molecule has 1 aliphatic heterocycles. The number of sulfonamides is 1. The van der Waals surface area contributed by atoms with Crippen LogP contribution in [0.3, 0.4) is 0 Å². The summed E-state index contributed by atoms with van der Waals surface area (Å²) in [5.74, 6) is -1.25. The van der Waals surface area contributed by atoms with Crippen LogP contribution in [0.2, 0.25) is 5.15 Å². The first kappa shape index (κ1) is 31.5. The molecule has 1 aromatic carbocycles. The maximum absolute atomic E-state index is 13.9. The number of hydrogen-bond donors (Lipinski definition) is 1. The van der Waals surface area contributed by atoms with Crippen LogP contribution in [-0.4, -0.2) is 60.0 Å². The van der Waals surface area contributed by atoms with Crippen LogP contribution >= 0.6 is 11.6 Å². The van der Waals surface area contributed by atoms with Crippen LogP contribution in [0.25, 0.3) is 0 Å². The molecule has 0 unspecified atom stereocenters. The minimum absolute atomic E-state index is 0.0641. The number of aromatic nitrogens is 2. The van der Waals surface area contributed by atoms with Gasteiger partial charge in [-0.2, -0.15) is 18.3 Å². The molecule has 10 nitrogen and oxygen atoms in total. The highest BCUT2D eigenvalue weighted by Gasteiger charge is 2.50. The Labute approximate surface area is 235 Å². The SMILES string of the molecule is CCn1cc(S(=O)(=O)N2C[C@H](CC(C)(C)NC(C)=O)Oc3ccc(CC(=O)OC(C)(C)C(F)(F)F)cc32)c(Cl)n1. The quantitative estimate of drug-likeness (QED) is 0.423. The molecule has 1 aromatic heterocycles. The van der Waals surface area contributed by atoms with Crippen molar-refractivity contribution in [2.45, 2.75) is 89.2 Å². The Morgan fingerprint density at radius 1 is 1.23 bits per heavy atom. The van der Waals surface area contributed by atoms with E-state index in [0.29, 0.717) is 6.54 Å². The molecule has 0 radical (unpaired) electrons. The predicted octanol–water partition coefficient (Wildman–Crippen LogP) is 4.24. The number of nitrogens with zero attached hydrogens (tertiary/aromatic N) is 3. The van der Waals surface area contributed by atoms with Gasteiger partial charge in [0.2, 0.25) is 11.5 Å². The van der Waals surface area contributed by atoms with Gasteiger partial charge in [0.25, 0.3) is 10.0 Å². The second-order valence-corrected chi connectivity index (χ2v) is 12.8. The van der Waals surface area contributed by atoms with Gasteiger partial charge in [-0.3, -0.25) is 18.6 Å². The summed E-state index contributed by atoms with van der Waals surface area (Å²) < 4.78 is 80.4. The molecule has 2 aromatic rings. The van der Waals surface area contributed by atoms with Crippen LogP contribution in [0, 0.1) is 0 Å². The van der Waals surface area contributed by atoms with Crippen molar-refractivity contribution in [2.24, 2.45) is 0 Å². The van der Waals surface area contributed by atoms with Gasteiger partial charge in [0.1, 0.15) is 16.7 Å². The van der Waals surface area contributed by atoms with E-state index >= 15 is 0 Å². The Balaban J connectivity index is 2.01. The normalized spacial score (nSPS) is 16.2. The predicted molar refractivity (Wildman–Crippen MR) is 141 cm³/mol. The van der Waals surface area contributed by atoms with Crippen LogP contribution in [-0.2, 0) is 37.3 Å². The summed E-state index contributed by atoms with van der Waals surface area (Å²) >= 11 is 6.18. The molecule has 0 fully saturated rings. The summed E-state index contributed by atoms with van der Waals surface area (Å²) in [5, 5.41) is 6.58. The van der Waals surface area contributed by atoms with Gasteiger partial charge in [-0.15, -0.1) is 0 Å². The molecular weight excluding hydrogens is 577 g/mol. The number of aryl methyl sites for hydroxylation is 1. The van der Waals surface area contributed by atoms with Crippen LogP contribution in [0.4, 0.5) is 18.9 Å². The van der Waals surface area contributed by atoms with Crippen molar-refractivity contribution in [1.82, 2.24) is 15.1 Å². The second kappa shape index (κ2) is 11.1. The summed E-state index contributed by atoms with van der Waals surface area (Å²) in [4.78, 5) is 23.8. The number of esters is 1. The van der Waals surface area contributed by atoms with E-state index in [1.165, 1.54) is 36.0 Å². The van der Waals surface area contributed by atoms with E-state index in [-0.39, 0.29) is 45.9 Å². The second-order valence-electron chi connectivity index (χ2n) is 10.6. The lowest BCUT2D eigenvalue weighted by Crippen LogP contribution is -2.50. The van der Waals surface area contributed by atoms with Crippen molar-refractivity contribution < 1.29 is 40.7 Å². The fourth-order valence-electron chi connectivity index (χ4n) is 4.28. The van der Waals surface area contributed by atoms with Gasteiger partial charge < -0.3 is 14.8 Å².